The number of amides is 1. The van der Waals surface area contributed by atoms with Gasteiger partial charge in [-0.2, -0.15) is 0 Å². The molecule has 0 aromatic heterocycles. The Bertz CT molecular complexity index is 703. The SMILES string of the molecule is C=C/C=C1\C=C(/C)c2ccccc2C(=O)NC(C=O)CCCCCCO1. The molecule has 1 N–H and O–H groups in total. The Hall–Kier alpha value is -2.62. The molecule has 1 aliphatic heterocycles. The lowest BCUT2D eigenvalue weighted by molar-refractivity contribution is -0.109. The lowest BCUT2D eigenvalue weighted by Gasteiger charge is -2.15. The average molecular weight is 353 g/mol. The van der Waals surface area contributed by atoms with Gasteiger partial charge in [0.15, 0.2) is 0 Å². The van der Waals surface area contributed by atoms with Gasteiger partial charge in [-0.1, -0.05) is 50.1 Å². The van der Waals surface area contributed by atoms with E-state index in [9.17, 15) is 9.59 Å². The number of carbonyl (C=O) groups excluding carboxylic acids is 2. The van der Waals surface area contributed by atoms with Crippen LogP contribution in [0.15, 0.2) is 54.8 Å². The second-order valence-corrected chi connectivity index (χ2v) is 6.45. The van der Waals surface area contributed by atoms with Gasteiger partial charge < -0.3 is 14.8 Å². The van der Waals surface area contributed by atoms with E-state index >= 15 is 0 Å². The largest absolute Gasteiger partial charge is 0.494 e. The molecule has 2 rings (SSSR count). The van der Waals surface area contributed by atoms with E-state index in [1.54, 1.807) is 12.1 Å². The first kappa shape index (κ1) is 19.7. The van der Waals surface area contributed by atoms with Crippen LogP contribution in [0, 0.1) is 0 Å². The molecule has 0 aliphatic carbocycles. The van der Waals surface area contributed by atoms with Crippen LogP contribution in [0.25, 0.3) is 5.57 Å². The Morgan fingerprint density at radius 3 is 2.62 bits per heavy atom. The minimum Gasteiger partial charge on any atom is -0.494 e. The smallest absolute Gasteiger partial charge is 0.252 e. The van der Waals surface area contributed by atoms with E-state index < -0.39 is 6.04 Å². The molecule has 1 unspecified atom stereocenters. The number of allylic oxidation sites excluding steroid dienone is 4. The maximum atomic E-state index is 12.7. The van der Waals surface area contributed by atoms with Crippen molar-refractivity contribution in [3.63, 3.8) is 0 Å². The van der Waals surface area contributed by atoms with Gasteiger partial charge in [0.1, 0.15) is 12.0 Å². The Labute approximate surface area is 155 Å². The number of aldehydes is 1. The third-order valence-electron chi connectivity index (χ3n) is 4.40. The molecule has 4 nitrogen and oxygen atoms in total. The average Bonchev–Trinajstić information content (AvgIpc) is 2.65. The van der Waals surface area contributed by atoms with Crippen molar-refractivity contribution in [3.8, 4) is 0 Å². The third-order valence-corrected chi connectivity index (χ3v) is 4.40. The van der Waals surface area contributed by atoms with E-state index in [0.29, 0.717) is 18.6 Å². The Morgan fingerprint density at radius 1 is 1.15 bits per heavy atom. The normalized spacial score (nSPS) is 23.3. The van der Waals surface area contributed by atoms with Crippen LogP contribution < -0.4 is 5.32 Å². The van der Waals surface area contributed by atoms with Crippen molar-refractivity contribution < 1.29 is 14.3 Å². The predicted octanol–water partition coefficient (Wildman–Crippen LogP) is 4.44. The summed E-state index contributed by atoms with van der Waals surface area (Å²) in [6.45, 7) is 6.32. The maximum Gasteiger partial charge on any atom is 0.252 e. The molecule has 0 bridgehead atoms. The maximum absolute atomic E-state index is 12.7. The highest BCUT2D eigenvalue weighted by atomic mass is 16.5. The molecule has 1 heterocycles. The Morgan fingerprint density at radius 2 is 1.88 bits per heavy atom. The number of rotatable bonds is 2. The first-order valence-corrected chi connectivity index (χ1v) is 9.15. The van der Waals surface area contributed by atoms with Crippen molar-refractivity contribution in [1.29, 1.82) is 0 Å². The quantitative estimate of drug-likeness (QED) is 0.800. The molecule has 0 radical (unpaired) electrons. The summed E-state index contributed by atoms with van der Waals surface area (Å²) < 4.78 is 5.87. The molecular formula is C22H27NO3. The van der Waals surface area contributed by atoms with E-state index in [4.69, 9.17) is 4.74 Å². The van der Waals surface area contributed by atoms with Crippen LogP contribution >= 0.6 is 0 Å². The summed E-state index contributed by atoms with van der Waals surface area (Å²) in [4.78, 5) is 24.0. The molecule has 0 saturated carbocycles. The van der Waals surface area contributed by atoms with E-state index in [-0.39, 0.29) is 5.91 Å². The Balaban J connectivity index is 2.38. The van der Waals surface area contributed by atoms with E-state index in [0.717, 1.165) is 48.9 Å². The number of nitrogens with one attached hydrogen (secondary N) is 1. The van der Waals surface area contributed by atoms with Gasteiger partial charge in [0, 0.05) is 5.56 Å². The molecule has 1 amide bonds. The van der Waals surface area contributed by atoms with Crippen LogP contribution in [0.1, 0.15) is 54.9 Å². The molecule has 4 heteroatoms. The fourth-order valence-electron chi connectivity index (χ4n) is 3.00. The van der Waals surface area contributed by atoms with Gasteiger partial charge in [-0.25, -0.2) is 0 Å². The summed E-state index contributed by atoms with van der Waals surface area (Å²) in [7, 11) is 0. The standard InChI is InChI=1S/C22H27NO3/c1-3-10-19-15-17(2)20-12-7-8-13-21(20)22(25)23-18(16-24)11-6-4-5-9-14-26-19/h3,7-8,10,12-13,15-16,18H,1,4-6,9,11,14H2,2H3,(H,23,25)/b17-15+,19-10+. The molecule has 1 aromatic rings. The van der Waals surface area contributed by atoms with Gasteiger partial charge in [0.25, 0.3) is 5.91 Å². The van der Waals surface area contributed by atoms with Gasteiger partial charge in [-0.15, -0.1) is 0 Å². The predicted molar refractivity (Wildman–Crippen MR) is 105 cm³/mol. The van der Waals surface area contributed by atoms with Crippen LogP contribution in [0.4, 0.5) is 0 Å². The van der Waals surface area contributed by atoms with Gasteiger partial charge in [-0.05, 0) is 49.1 Å². The summed E-state index contributed by atoms with van der Waals surface area (Å²) in [6, 6.07) is 6.96. The van der Waals surface area contributed by atoms with Crippen LogP contribution in [-0.2, 0) is 9.53 Å². The molecule has 1 aromatic carbocycles. The van der Waals surface area contributed by atoms with Crippen LogP contribution in [0.2, 0.25) is 0 Å². The highest BCUT2D eigenvalue weighted by Crippen LogP contribution is 2.22. The number of fused-ring (bicyclic) bond motifs is 1. The number of benzene rings is 1. The summed E-state index contributed by atoms with van der Waals surface area (Å²) in [5.41, 5.74) is 2.30. The third kappa shape index (κ3) is 5.73. The first-order chi connectivity index (χ1) is 12.7. The molecule has 138 valence electrons. The lowest BCUT2D eigenvalue weighted by atomic mass is 9.99. The van der Waals surface area contributed by atoms with Crippen molar-refractivity contribution in [1.82, 2.24) is 5.32 Å². The number of carbonyl (C=O) groups is 2. The molecular weight excluding hydrogens is 326 g/mol. The monoisotopic (exact) mass is 353 g/mol. The zero-order valence-corrected chi connectivity index (χ0v) is 15.4. The lowest BCUT2D eigenvalue weighted by Crippen LogP contribution is -2.36. The highest BCUT2D eigenvalue weighted by Gasteiger charge is 2.16. The number of ether oxygens (including phenoxy) is 1. The second-order valence-electron chi connectivity index (χ2n) is 6.45. The molecule has 1 atom stereocenters. The van der Waals surface area contributed by atoms with Crippen molar-refractivity contribution in [3.05, 3.63) is 66.0 Å². The summed E-state index contributed by atoms with van der Waals surface area (Å²) in [5, 5.41) is 2.85. The topological polar surface area (TPSA) is 55.4 Å². The number of hydrogen-bond acceptors (Lipinski definition) is 3. The van der Waals surface area contributed by atoms with Gasteiger partial charge >= 0.3 is 0 Å². The van der Waals surface area contributed by atoms with Crippen LogP contribution in [0.3, 0.4) is 0 Å². The fourth-order valence-corrected chi connectivity index (χ4v) is 3.00. The fraction of sp³-hybridized carbons (Fsp3) is 0.364. The molecule has 0 spiro atoms. The van der Waals surface area contributed by atoms with Gasteiger partial charge in [0.05, 0.1) is 12.6 Å². The summed E-state index contributed by atoms with van der Waals surface area (Å²) >= 11 is 0. The van der Waals surface area contributed by atoms with Crippen molar-refractivity contribution in [2.24, 2.45) is 0 Å². The van der Waals surface area contributed by atoms with Gasteiger partial charge in [0.2, 0.25) is 0 Å². The van der Waals surface area contributed by atoms with Crippen LogP contribution in [0.5, 0.6) is 0 Å². The van der Waals surface area contributed by atoms with Crippen molar-refractivity contribution in [2.45, 2.75) is 45.1 Å². The van der Waals surface area contributed by atoms with Crippen molar-refractivity contribution in [2.75, 3.05) is 6.61 Å². The van der Waals surface area contributed by atoms with E-state index in [1.807, 2.05) is 37.3 Å². The molecule has 26 heavy (non-hydrogen) atoms. The number of hydrogen-bond donors (Lipinski definition) is 1. The first-order valence-electron chi connectivity index (χ1n) is 9.15. The van der Waals surface area contributed by atoms with Gasteiger partial charge in [-0.3, -0.25) is 4.79 Å². The minimum absolute atomic E-state index is 0.226. The summed E-state index contributed by atoms with van der Waals surface area (Å²) in [5.74, 6) is 0.504. The van der Waals surface area contributed by atoms with Crippen LogP contribution in [-0.4, -0.2) is 24.8 Å². The summed E-state index contributed by atoms with van der Waals surface area (Å²) in [6.07, 6.45) is 10.8. The van der Waals surface area contributed by atoms with E-state index in [2.05, 4.69) is 11.9 Å². The van der Waals surface area contributed by atoms with E-state index in [1.165, 1.54) is 0 Å². The molecule has 1 aliphatic rings. The Kier molecular flexibility index (Phi) is 7.87. The highest BCUT2D eigenvalue weighted by molar-refractivity contribution is 6.00. The zero-order valence-electron chi connectivity index (χ0n) is 15.4. The minimum atomic E-state index is -0.447. The zero-order chi connectivity index (χ0) is 18.8. The molecule has 0 saturated heterocycles. The second kappa shape index (κ2) is 10.4. The molecule has 0 fully saturated rings. The van der Waals surface area contributed by atoms with Crippen molar-refractivity contribution >= 4 is 17.8 Å².